The van der Waals surface area contributed by atoms with E-state index in [1.54, 1.807) is 6.07 Å². The quantitative estimate of drug-likeness (QED) is 0.548. The first kappa shape index (κ1) is 23.1. The molecular formula is C24H27N9OS. The number of likely N-dealkylation sites (N-methyl/N-ethyl adjacent to an activating group) is 1. The molecule has 1 unspecified atom stereocenters. The average molecular weight is 490 g/mol. The first-order valence-electron chi connectivity index (χ1n) is 11.4. The van der Waals surface area contributed by atoms with Crippen LogP contribution in [0.5, 0.6) is 0 Å². The van der Waals surface area contributed by atoms with E-state index in [1.165, 1.54) is 54.4 Å². The number of nitrogens with one attached hydrogen (secondary N) is 2. The summed E-state index contributed by atoms with van der Waals surface area (Å²) in [7, 11) is -0.234. The van der Waals surface area contributed by atoms with Gasteiger partial charge in [-0.25, -0.2) is 14.2 Å². The van der Waals surface area contributed by atoms with Crippen molar-refractivity contribution in [3.8, 4) is 6.07 Å². The topological polar surface area (TPSA) is 132 Å². The molecule has 35 heavy (non-hydrogen) atoms. The first-order valence-corrected chi connectivity index (χ1v) is 13.8. The Balaban J connectivity index is 1.44. The molecule has 3 aromatic rings. The molecule has 0 amide bonds. The van der Waals surface area contributed by atoms with Crippen molar-refractivity contribution in [2.45, 2.75) is 31.7 Å². The molecule has 0 radical (unpaired) electrons. The lowest BCUT2D eigenvalue weighted by Gasteiger charge is -2.37. The maximum Gasteiger partial charge on any atom is 0.259 e. The van der Waals surface area contributed by atoms with Crippen molar-refractivity contribution in [2.24, 2.45) is 4.36 Å². The van der Waals surface area contributed by atoms with Crippen LogP contribution in [0.4, 0.5) is 29.2 Å². The van der Waals surface area contributed by atoms with Gasteiger partial charge in [-0.3, -0.25) is 0 Å². The van der Waals surface area contributed by atoms with Gasteiger partial charge in [0.1, 0.15) is 17.5 Å². The van der Waals surface area contributed by atoms with Gasteiger partial charge in [-0.05, 0) is 67.1 Å². The minimum Gasteiger partial charge on any atom is -0.324 e. The second kappa shape index (κ2) is 9.20. The largest absolute Gasteiger partial charge is 0.324 e. The molecule has 2 N–H and O–H groups in total. The van der Waals surface area contributed by atoms with E-state index < -0.39 is 9.73 Å². The van der Waals surface area contributed by atoms with Gasteiger partial charge in [0.2, 0.25) is 5.95 Å². The summed E-state index contributed by atoms with van der Waals surface area (Å²) in [4.78, 5) is 19.6. The lowest BCUT2D eigenvalue weighted by molar-refractivity contribution is 0.266. The Morgan fingerprint density at radius 1 is 1.20 bits per heavy atom. The van der Waals surface area contributed by atoms with Crippen LogP contribution in [0.3, 0.4) is 0 Å². The van der Waals surface area contributed by atoms with Crippen LogP contribution in [0, 0.1) is 11.3 Å². The molecule has 180 valence electrons. The molecule has 0 saturated carbocycles. The highest BCUT2D eigenvalue weighted by atomic mass is 32.2. The fourth-order valence-corrected chi connectivity index (χ4v) is 5.32. The van der Waals surface area contributed by atoms with Gasteiger partial charge in [-0.15, -0.1) is 0 Å². The third kappa shape index (κ3) is 5.23. The van der Waals surface area contributed by atoms with Crippen LogP contribution >= 0.6 is 0 Å². The summed E-state index contributed by atoms with van der Waals surface area (Å²) in [5, 5.41) is 15.9. The minimum atomic E-state index is -2.41. The fourth-order valence-electron chi connectivity index (χ4n) is 4.84. The van der Waals surface area contributed by atoms with E-state index in [4.69, 9.17) is 0 Å². The van der Waals surface area contributed by atoms with Crippen molar-refractivity contribution in [2.75, 3.05) is 36.7 Å². The molecule has 0 bridgehead atoms. The molecule has 0 fully saturated rings. The van der Waals surface area contributed by atoms with Crippen molar-refractivity contribution in [1.29, 1.82) is 5.26 Å². The van der Waals surface area contributed by atoms with Gasteiger partial charge in [-0.2, -0.15) is 19.6 Å². The molecule has 0 saturated heterocycles. The first-order chi connectivity index (χ1) is 16.8. The minimum absolute atomic E-state index is 0.0993. The van der Waals surface area contributed by atoms with Crippen LogP contribution in [-0.4, -0.2) is 55.1 Å². The van der Waals surface area contributed by atoms with Gasteiger partial charge in [0.25, 0.3) is 5.95 Å². The van der Waals surface area contributed by atoms with Crippen LogP contribution in [0.15, 0.2) is 35.0 Å². The van der Waals surface area contributed by atoms with Gasteiger partial charge >= 0.3 is 0 Å². The highest BCUT2D eigenvalue weighted by Gasteiger charge is 2.29. The van der Waals surface area contributed by atoms with E-state index in [0.717, 1.165) is 25.2 Å². The number of aromatic nitrogens is 4. The van der Waals surface area contributed by atoms with E-state index in [2.05, 4.69) is 65.1 Å². The summed E-state index contributed by atoms with van der Waals surface area (Å²) >= 11 is 0. The second-order valence-electron chi connectivity index (χ2n) is 9.33. The standard InChI is InChI=1S/C24H27N9OS/c1-33-13-16-6-4-5-15-9-19(10-17(14-33)21(15)16)28-23-27-12-18(11-25)22(31-23)29-20-7-8-26-24(30-20)32-35(2,3)34/h7-10,12,16H,4-6,13-14H2,1-3H3,(H2,26,27,28,29,30,31). The van der Waals surface area contributed by atoms with Gasteiger partial charge in [-0.1, -0.05) is 0 Å². The molecule has 1 aliphatic carbocycles. The van der Waals surface area contributed by atoms with Gasteiger partial charge in [0, 0.05) is 47.2 Å². The van der Waals surface area contributed by atoms with Crippen LogP contribution < -0.4 is 10.6 Å². The molecule has 1 atom stereocenters. The third-order valence-electron chi connectivity index (χ3n) is 6.09. The number of anilines is 4. The summed E-state index contributed by atoms with van der Waals surface area (Å²) < 4.78 is 16.0. The number of benzene rings is 1. The number of nitriles is 1. The molecule has 3 heterocycles. The Bertz CT molecular complexity index is 1450. The summed E-state index contributed by atoms with van der Waals surface area (Å²) in [5.41, 5.74) is 5.50. The van der Waals surface area contributed by atoms with E-state index in [0.29, 0.717) is 23.5 Å². The molecule has 1 aromatic carbocycles. The van der Waals surface area contributed by atoms with Crippen molar-refractivity contribution in [1.82, 2.24) is 24.8 Å². The lowest BCUT2D eigenvalue weighted by atomic mass is 9.77. The second-order valence-corrected chi connectivity index (χ2v) is 11.9. The number of rotatable bonds is 5. The van der Waals surface area contributed by atoms with Gasteiger partial charge in [0.05, 0.1) is 6.20 Å². The summed E-state index contributed by atoms with van der Waals surface area (Å²) in [6, 6.07) is 8.12. The number of aryl methyl sites for hydroxylation is 1. The predicted octanol–water partition coefficient (Wildman–Crippen LogP) is 3.85. The molecule has 2 aliphatic rings. The maximum absolute atomic E-state index is 12.0. The number of hydrogen-bond acceptors (Lipinski definition) is 10. The Morgan fingerprint density at radius 3 is 2.83 bits per heavy atom. The zero-order valence-corrected chi connectivity index (χ0v) is 20.8. The molecule has 0 spiro atoms. The fraction of sp³-hybridized carbons (Fsp3) is 0.375. The summed E-state index contributed by atoms with van der Waals surface area (Å²) in [5.74, 6) is 1.78. The van der Waals surface area contributed by atoms with Crippen LogP contribution in [-0.2, 0) is 22.7 Å². The zero-order valence-electron chi connectivity index (χ0n) is 19.9. The van der Waals surface area contributed by atoms with Crippen molar-refractivity contribution in [3.63, 3.8) is 0 Å². The van der Waals surface area contributed by atoms with Gasteiger partial charge in [0.15, 0.2) is 5.82 Å². The highest BCUT2D eigenvalue weighted by Crippen LogP contribution is 2.40. The van der Waals surface area contributed by atoms with Crippen LogP contribution in [0.2, 0.25) is 0 Å². The van der Waals surface area contributed by atoms with Crippen molar-refractivity contribution >= 4 is 38.9 Å². The molecular weight excluding hydrogens is 462 g/mol. The Labute approximate surface area is 205 Å². The smallest absolute Gasteiger partial charge is 0.259 e. The van der Waals surface area contributed by atoms with Crippen molar-refractivity contribution in [3.05, 3.63) is 52.8 Å². The van der Waals surface area contributed by atoms with Crippen LogP contribution in [0.25, 0.3) is 0 Å². The summed E-state index contributed by atoms with van der Waals surface area (Å²) in [6.45, 7) is 2.05. The normalized spacial score (nSPS) is 17.3. The Morgan fingerprint density at radius 2 is 2.03 bits per heavy atom. The Kier molecular flexibility index (Phi) is 6.08. The predicted molar refractivity (Wildman–Crippen MR) is 136 cm³/mol. The SMILES string of the molecule is CN1Cc2cc(Nc3ncc(C#N)c(Nc4ccnc(N=S(C)(C)=O)n4)n3)cc3c2C(CCC3)C1. The van der Waals surface area contributed by atoms with Crippen LogP contribution in [0.1, 0.15) is 41.0 Å². The van der Waals surface area contributed by atoms with Gasteiger partial charge < -0.3 is 15.5 Å². The molecule has 2 aromatic heterocycles. The summed E-state index contributed by atoms with van der Waals surface area (Å²) in [6.07, 6.45) is 9.54. The highest BCUT2D eigenvalue weighted by molar-refractivity contribution is 7.92. The van der Waals surface area contributed by atoms with E-state index >= 15 is 0 Å². The lowest BCUT2D eigenvalue weighted by Crippen LogP contribution is -2.33. The molecule has 5 rings (SSSR count). The molecule has 1 aliphatic heterocycles. The van der Waals surface area contributed by atoms with E-state index in [1.807, 2.05) is 0 Å². The number of nitrogens with zero attached hydrogens (tertiary/aromatic N) is 7. The monoisotopic (exact) mass is 489 g/mol. The number of hydrogen-bond donors (Lipinski definition) is 2. The molecule has 11 heteroatoms. The zero-order chi connectivity index (χ0) is 24.6. The third-order valence-corrected chi connectivity index (χ3v) is 6.69. The Hall–Kier alpha value is -3.62. The molecule has 10 nitrogen and oxygen atoms in total. The van der Waals surface area contributed by atoms with E-state index in [-0.39, 0.29) is 11.5 Å². The maximum atomic E-state index is 12.0. The van der Waals surface area contributed by atoms with E-state index in [9.17, 15) is 9.47 Å². The average Bonchev–Trinajstić information content (AvgIpc) is 2.78. The van der Waals surface area contributed by atoms with Crippen molar-refractivity contribution < 1.29 is 4.21 Å².